The highest BCUT2D eigenvalue weighted by Crippen LogP contribution is 2.36. The molecule has 2 aromatic rings. The summed E-state index contributed by atoms with van der Waals surface area (Å²) in [5.74, 6) is 0. The molecule has 0 unspecified atom stereocenters. The summed E-state index contributed by atoms with van der Waals surface area (Å²) >= 11 is 0. The molecule has 0 radical (unpaired) electrons. The van der Waals surface area contributed by atoms with E-state index in [4.69, 9.17) is 4.74 Å². The lowest BCUT2D eigenvalue weighted by molar-refractivity contribution is 0.102. The number of ether oxygens (including phenoxy) is 1. The van der Waals surface area contributed by atoms with Gasteiger partial charge in [-0.1, -0.05) is 18.2 Å². The fourth-order valence-corrected chi connectivity index (χ4v) is 3.21. The Hall–Kier alpha value is -1.61. The molecule has 2 aliphatic heterocycles. The molecule has 4 rings (SSSR count). The van der Waals surface area contributed by atoms with Gasteiger partial charge in [0.1, 0.15) is 0 Å². The molecule has 2 aliphatic rings. The average molecular weight is 240 g/mol. The molecule has 0 amide bonds. The molecule has 3 atom stereocenters. The van der Waals surface area contributed by atoms with Crippen molar-refractivity contribution < 1.29 is 4.74 Å². The summed E-state index contributed by atoms with van der Waals surface area (Å²) in [6.45, 7) is 0. The molecule has 0 saturated carbocycles. The number of benzene rings is 1. The number of nitrogens with one attached hydrogen (secondary N) is 1. The first-order valence-corrected chi connectivity index (χ1v) is 6.66. The van der Waals surface area contributed by atoms with Gasteiger partial charge in [0.25, 0.3) is 0 Å². The van der Waals surface area contributed by atoms with Crippen molar-refractivity contribution in [3.8, 4) is 0 Å². The van der Waals surface area contributed by atoms with Crippen molar-refractivity contribution in [3.63, 3.8) is 0 Å². The molecule has 18 heavy (non-hydrogen) atoms. The van der Waals surface area contributed by atoms with Crippen molar-refractivity contribution in [3.05, 3.63) is 36.5 Å². The molecule has 0 spiro atoms. The summed E-state index contributed by atoms with van der Waals surface area (Å²) < 4.78 is 5.89. The number of rotatable bonds is 2. The van der Waals surface area contributed by atoms with Crippen molar-refractivity contribution in [2.75, 3.05) is 5.32 Å². The number of hydrogen-bond donors (Lipinski definition) is 1. The van der Waals surface area contributed by atoms with E-state index < -0.39 is 0 Å². The molecule has 1 aromatic heterocycles. The van der Waals surface area contributed by atoms with Crippen LogP contribution in [-0.2, 0) is 4.74 Å². The minimum atomic E-state index is 0.405. The predicted octanol–water partition coefficient (Wildman–Crippen LogP) is 2.97. The Balaban J connectivity index is 1.67. The highest BCUT2D eigenvalue weighted by molar-refractivity contribution is 5.91. The lowest BCUT2D eigenvalue weighted by Crippen LogP contribution is -2.30. The fraction of sp³-hybridized carbons (Fsp3) is 0.400. The largest absolute Gasteiger partial charge is 0.379 e. The van der Waals surface area contributed by atoms with Gasteiger partial charge in [-0.15, -0.1) is 0 Å². The standard InChI is InChI=1S/C15H16N2O/c1-2-4-12-11(3-1)13(7-8-16-12)17-14-9-10-5-6-15(14)18-10/h1-4,7-8,10,14-15H,5-6,9H2,(H,16,17)/t10-,14-,15+/m1/s1. The SMILES string of the molecule is c1ccc2c(N[C@@H]3C[C@H]4CC[C@@H]3O4)ccnc2c1. The highest BCUT2D eigenvalue weighted by Gasteiger charge is 2.40. The van der Waals surface area contributed by atoms with Gasteiger partial charge in [0, 0.05) is 17.3 Å². The summed E-state index contributed by atoms with van der Waals surface area (Å²) in [6.07, 6.45) is 6.34. The van der Waals surface area contributed by atoms with Crippen LogP contribution in [0.25, 0.3) is 10.9 Å². The van der Waals surface area contributed by atoms with Gasteiger partial charge in [-0.25, -0.2) is 0 Å². The zero-order chi connectivity index (χ0) is 11.9. The van der Waals surface area contributed by atoms with Crippen LogP contribution >= 0.6 is 0 Å². The normalized spacial score (nSPS) is 29.9. The first-order valence-electron chi connectivity index (χ1n) is 6.66. The van der Waals surface area contributed by atoms with E-state index in [2.05, 4.69) is 34.6 Å². The monoisotopic (exact) mass is 240 g/mol. The van der Waals surface area contributed by atoms with Gasteiger partial charge in [0.15, 0.2) is 0 Å². The second kappa shape index (κ2) is 3.95. The van der Waals surface area contributed by atoms with Gasteiger partial charge < -0.3 is 10.1 Å². The van der Waals surface area contributed by atoms with Gasteiger partial charge in [-0.05, 0) is 31.4 Å². The fourth-order valence-electron chi connectivity index (χ4n) is 3.21. The second-order valence-electron chi connectivity index (χ2n) is 5.24. The lowest BCUT2D eigenvalue weighted by atomic mass is 9.95. The number of anilines is 1. The molecule has 2 fully saturated rings. The van der Waals surface area contributed by atoms with E-state index >= 15 is 0 Å². The molecule has 1 N–H and O–H groups in total. The predicted molar refractivity (Wildman–Crippen MR) is 71.7 cm³/mol. The van der Waals surface area contributed by atoms with Crippen molar-refractivity contribution >= 4 is 16.6 Å². The molecule has 0 aliphatic carbocycles. The number of pyridine rings is 1. The maximum absolute atomic E-state index is 5.89. The minimum Gasteiger partial charge on any atom is -0.379 e. The minimum absolute atomic E-state index is 0.405. The molecule has 1 aromatic carbocycles. The number of fused-ring (bicyclic) bond motifs is 3. The zero-order valence-electron chi connectivity index (χ0n) is 10.2. The molecule has 2 saturated heterocycles. The summed E-state index contributed by atoms with van der Waals surface area (Å²) in [7, 11) is 0. The van der Waals surface area contributed by atoms with E-state index in [9.17, 15) is 0 Å². The first kappa shape index (κ1) is 10.3. The summed E-state index contributed by atoms with van der Waals surface area (Å²) in [5, 5.41) is 4.85. The first-order chi connectivity index (χ1) is 8.90. The van der Waals surface area contributed by atoms with Crippen LogP contribution in [0.3, 0.4) is 0 Å². The third-order valence-corrected chi connectivity index (χ3v) is 4.10. The Morgan fingerprint density at radius 1 is 1.17 bits per heavy atom. The molecule has 3 nitrogen and oxygen atoms in total. The second-order valence-corrected chi connectivity index (χ2v) is 5.24. The summed E-state index contributed by atoms with van der Waals surface area (Å²) in [6, 6.07) is 10.8. The Morgan fingerprint density at radius 2 is 2.11 bits per heavy atom. The number of aromatic nitrogens is 1. The van der Waals surface area contributed by atoms with Gasteiger partial charge >= 0.3 is 0 Å². The Kier molecular flexibility index (Phi) is 2.27. The maximum Gasteiger partial charge on any atom is 0.0781 e. The number of para-hydroxylation sites is 1. The topological polar surface area (TPSA) is 34.1 Å². The lowest BCUT2D eigenvalue weighted by Gasteiger charge is -2.22. The highest BCUT2D eigenvalue weighted by atomic mass is 16.5. The van der Waals surface area contributed by atoms with Crippen LogP contribution in [0.4, 0.5) is 5.69 Å². The van der Waals surface area contributed by atoms with Crippen LogP contribution < -0.4 is 5.32 Å². The molecule has 92 valence electrons. The van der Waals surface area contributed by atoms with E-state index in [0.717, 1.165) is 11.9 Å². The van der Waals surface area contributed by atoms with E-state index in [1.807, 2.05) is 12.3 Å². The van der Waals surface area contributed by atoms with Crippen molar-refractivity contribution in [1.29, 1.82) is 0 Å². The quantitative estimate of drug-likeness (QED) is 0.876. The molecule has 3 heterocycles. The van der Waals surface area contributed by atoms with Crippen LogP contribution in [0.5, 0.6) is 0 Å². The Morgan fingerprint density at radius 3 is 2.94 bits per heavy atom. The van der Waals surface area contributed by atoms with Gasteiger partial charge in [-0.3, -0.25) is 4.98 Å². The van der Waals surface area contributed by atoms with Crippen molar-refractivity contribution in [2.45, 2.75) is 37.5 Å². The third kappa shape index (κ3) is 1.58. The van der Waals surface area contributed by atoms with Crippen LogP contribution in [0.15, 0.2) is 36.5 Å². The number of nitrogens with zero attached hydrogens (tertiary/aromatic N) is 1. The summed E-state index contributed by atoms with van der Waals surface area (Å²) in [4.78, 5) is 4.39. The number of hydrogen-bond acceptors (Lipinski definition) is 3. The van der Waals surface area contributed by atoms with E-state index in [1.54, 1.807) is 0 Å². The van der Waals surface area contributed by atoms with Crippen LogP contribution in [0.2, 0.25) is 0 Å². The molecular weight excluding hydrogens is 224 g/mol. The molecule has 3 heteroatoms. The zero-order valence-corrected chi connectivity index (χ0v) is 10.2. The molecule has 2 bridgehead atoms. The molecular formula is C15H16N2O. The van der Waals surface area contributed by atoms with Gasteiger partial charge in [-0.2, -0.15) is 0 Å². The van der Waals surface area contributed by atoms with E-state index in [0.29, 0.717) is 18.2 Å². The Bertz CT molecular complexity index is 578. The van der Waals surface area contributed by atoms with Gasteiger partial charge in [0.05, 0.1) is 23.8 Å². The van der Waals surface area contributed by atoms with E-state index in [-0.39, 0.29) is 0 Å². The third-order valence-electron chi connectivity index (χ3n) is 4.10. The summed E-state index contributed by atoms with van der Waals surface area (Å²) in [5.41, 5.74) is 2.23. The average Bonchev–Trinajstić information content (AvgIpc) is 3.01. The van der Waals surface area contributed by atoms with Crippen LogP contribution in [-0.4, -0.2) is 23.2 Å². The smallest absolute Gasteiger partial charge is 0.0781 e. The van der Waals surface area contributed by atoms with Crippen molar-refractivity contribution in [1.82, 2.24) is 4.98 Å². The Labute approximate surface area is 106 Å². The van der Waals surface area contributed by atoms with Gasteiger partial charge in [0.2, 0.25) is 0 Å². The van der Waals surface area contributed by atoms with Crippen LogP contribution in [0.1, 0.15) is 19.3 Å². The van der Waals surface area contributed by atoms with Crippen LogP contribution in [0, 0.1) is 0 Å². The van der Waals surface area contributed by atoms with E-state index in [1.165, 1.54) is 23.9 Å². The van der Waals surface area contributed by atoms with Crippen molar-refractivity contribution in [2.24, 2.45) is 0 Å². The maximum atomic E-state index is 5.89.